The second-order valence-electron chi connectivity index (χ2n) is 6.57. The molecule has 3 rings (SSSR count). The van der Waals surface area contributed by atoms with Crippen LogP contribution in [-0.4, -0.2) is 71.1 Å². The molecule has 1 aliphatic heterocycles. The van der Waals surface area contributed by atoms with E-state index in [4.69, 9.17) is 4.74 Å². The van der Waals surface area contributed by atoms with E-state index in [0.29, 0.717) is 18.9 Å². The van der Waals surface area contributed by atoms with Crippen LogP contribution in [0.15, 0.2) is 53.7 Å². The summed E-state index contributed by atoms with van der Waals surface area (Å²) in [5, 5.41) is 2.57. The van der Waals surface area contributed by atoms with E-state index in [-0.39, 0.29) is 23.7 Å². The normalized spacial score (nSPS) is 15.5. The van der Waals surface area contributed by atoms with Crippen molar-refractivity contribution in [1.82, 2.24) is 9.29 Å². The second kappa shape index (κ2) is 9.08. The van der Waals surface area contributed by atoms with Gasteiger partial charge in [0.15, 0.2) is 0 Å². The van der Waals surface area contributed by atoms with Gasteiger partial charge in [-0.05, 0) is 36.4 Å². The molecule has 162 valence electrons. The number of carbonyl (C=O) groups excluding carboxylic acids is 1. The van der Waals surface area contributed by atoms with Crippen LogP contribution in [0.25, 0.3) is 0 Å². The molecular weight excluding hydrogens is 432 g/mol. The zero-order valence-electron chi connectivity index (χ0n) is 16.3. The molecule has 1 aliphatic rings. The van der Waals surface area contributed by atoms with Crippen LogP contribution in [-0.2, 0) is 29.6 Å². The number of morpholine rings is 1. The molecule has 0 aliphatic carbocycles. The SMILES string of the molecule is CS(=O)(=O)N(CC(=O)Nc1cccnc1)c1ccc(S(=O)(=O)N2CCOCC2)cc1. The van der Waals surface area contributed by atoms with Crippen LogP contribution in [0.1, 0.15) is 0 Å². The number of rotatable bonds is 7. The number of ether oxygens (including phenoxy) is 1. The van der Waals surface area contributed by atoms with E-state index in [2.05, 4.69) is 10.3 Å². The molecule has 10 nitrogen and oxygen atoms in total. The van der Waals surface area contributed by atoms with Gasteiger partial charge in [-0.25, -0.2) is 16.8 Å². The van der Waals surface area contributed by atoms with Gasteiger partial charge in [0.25, 0.3) is 0 Å². The number of hydrogen-bond acceptors (Lipinski definition) is 7. The number of benzene rings is 1. The van der Waals surface area contributed by atoms with Gasteiger partial charge in [-0.15, -0.1) is 0 Å². The predicted octanol–water partition coefficient (Wildman–Crippen LogP) is 0.507. The molecule has 2 heterocycles. The van der Waals surface area contributed by atoms with Crippen LogP contribution in [0.3, 0.4) is 0 Å². The molecule has 1 aromatic heterocycles. The molecule has 0 bridgehead atoms. The number of nitrogens with zero attached hydrogens (tertiary/aromatic N) is 3. The first-order valence-electron chi connectivity index (χ1n) is 9.03. The largest absolute Gasteiger partial charge is 0.379 e. The highest BCUT2D eigenvalue weighted by atomic mass is 32.2. The first kappa shape index (κ1) is 22.2. The van der Waals surface area contributed by atoms with Crippen molar-refractivity contribution in [3.05, 3.63) is 48.8 Å². The van der Waals surface area contributed by atoms with E-state index in [0.717, 1.165) is 10.6 Å². The van der Waals surface area contributed by atoms with Gasteiger partial charge in [-0.1, -0.05) is 0 Å². The third kappa shape index (κ3) is 5.33. The fourth-order valence-electron chi connectivity index (χ4n) is 2.89. The van der Waals surface area contributed by atoms with Crippen molar-refractivity contribution in [3.63, 3.8) is 0 Å². The Labute approximate surface area is 175 Å². The minimum Gasteiger partial charge on any atom is -0.379 e. The molecule has 1 amide bonds. The molecule has 0 atom stereocenters. The van der Waals surface area contributed by atoms with Gasteiger partial charge >= 0.3 is 0 Å². The number of pyridine rings is 1. The first-order chi connectivity index (χ1) is 14.2. The molecule has 12 heteroatoms. The van der Waals surface area contributed by atoms with E-state index in [1.54, 1.807) is 18.3 Å². The van der Waals surface area contributed by atoms with Crippen LogP contribution < -0.4 is 9.62 Å². The summed E-state index contributed by atoms with van der Waals surface area (Å²) in [7, 11) is -7.50. The van der Waals surface area contributed by atoms with Crippen LogP contribution in [0.4, 0.5) is 11.4 Å². The molecule has 0 radical (unpaired) electrons. The van der Waals surface area contributed by atoms with Crippen molar-refractivity contribution >= 4 is 37.3 Å². The second-order valence-corrected chi connectivity index (χ2v) is 10.4. The topological polar surface area (TPSA) is 126 Å². The summed E-state index contributed by atoms with van der Waals surface area (Å²) in [6, 6.07) is 8.66. The van der Waals surface area contributed by atoms with E-state index >= 15 is 0 Å². The number of sulfonamides is 2. The van der Waals surface area contributed by atoms with Gasteiger partial charge in [0, 0.05) is 19.3 Å². The number of aromatic nitrogens is 1. The van der Waals surface area contributed by atoms with Crippen LogP contribution >= 0.6 is 0 Å². The van der Waals surface area contributed by atoms with Crippen LogP contribution in [0.5, 0.6) is 0 Å². The minimum atomic E-state index is -3.79. The molecule has 1 saturated heterocycles. The molecule has 0 spiro atoms. The lowest BCUT2D eigenvalue weighted by atomic mass is 10.3. The third-order valence-electron chi connectivity index (χ3n) is 4.37. The molecular formula is C18H22N4O6S2. The number of nitrogens with one attached hydrogen (secondary N) is 1. The Morgan fingerprint density at radius 3 is 2.37 bits per heavy atom. The summed E-state index contributed by atoms with van der Waals surface area (Å²) < 4.78 is 57.3. The maximum absolute atomic E-state index is 12.7. The van der Waals surface area contributed by atoms with Crippen LogP contribution in [0.2, 0.25) is 0 Å². The average Bonchev–Trinajstić information content (AvgIpc) is 2.73. The molecule has 2 aromatic rings. The maximum atomic E-state index is 12.7. The zero-order chi connectivity index (χ0) is 21.8. The quantitative estimate of drug-likeness (QED) is 0.646. The van der Waals surface area contributed by atoms with Crippen molar-refractivity contribution in [2.24, 2.45) is 0 Å². The standard InChI is InChI=1S/C18H22N4O6S2/c1-29(24,25)22(14-18(23)20-15-3-2-8-19-13-15)16-4-6-17(7-5-16)30(26,27)21-9-11-28-12-10-21/h2-8,13H,9-12,14H2,1H3,(H,20,23). The predicted molar refractivity (Wildman–Crippen MR) is 111 cm³/mol. The number of anilines is 2. The van der Waals surface area contributed by atoms with E-state index in [1.807, 2.05) is 0 Å². The lowest BCUT2D eigenvalue weighted by molar-refractivity contribution is -0.114. The average molecular weight is 455 g/mol. The third-order valence-corrected chi connectivity index (χ3v) is 7.42. The Morgan fingerprint density at radius 1 is 1.13 bits per heavy atom. The van der Waals surface area contributed by atoms with Crippen LogP contribution in [0, 0.1) is 0 Å². The lowest BCUT2D eigenvalue weighted by Crippen LogP contribution is -2.40. The van der Waals surface area contributed by atoms with Gasteiger partial charge in [-0.3, -0.25) is 14.1 Å². The van der Waals surface area contributed by atoms with Crippen molar-refractivity contribution in [2.45, 2.75) is 4.90 Å². The Bertz CT molecular complexity index is 1080. The van der Waals surface area contributed by atoms with Crippen molar-refractivity contribution in [1.29, 1.82) is 0 Å². The summed E-state index contributed by atoms with van der Waals surface area (Å²) in [4.78, 5) is 16.2. The van der Waals surface area contributed by atoms with Crippen molar-refractivity contribution in [3.8, 4) is 0 Å². The van der Waals surface area contributed by atoms with Gasteiger partial charge < -0.3 is 10.1 Å². The highest BCUT2D eigenvalue weighted by molar-refractivity contribution is 7.92. The van der Waals surface area contributed by atoms with E-state index in [9.17, 15) is 21.6 Å². The van der Waals surface area contributed by atoms with E-state index in [1.165, 1.54) is 34.8 Å². The molecule has 1 fully saturated rings. The van der Waals surface area contributed by atoms with Gasteiger partial charge in [-0.2, -0.15) is 4.31 Å². The highest BCUT2D eigenvalue weighted by Gasteiger charge is 2.27. The van der Waals surface area contributed by atoms with Gasteiger partial charge in [0.05, 0.1) is 41.9 Å². The lowest BCUT2D eigenvalue weighted by Gasteiger charge is -2.26. The monoisotopic (exact) mass is 454 g/mol. The maximum Gasteiger partial charge on any atom is 0.245 e. The summed E-state index contributed by atoms with van der Waals surface area (Å²) >= 11 is 0. The van der Waals surface area contributed by atoms with Crippen molar-refractivity contribution < 1.29 is 26.4 Å². The molecule has 1 aromatic carbocycles. The smallest absolute Gasteiger partial charge is 0.245 e. The fraction of sp³-hybridized carbons (Fsp3) is 0.333. The molecule has 0 saturated carbocycles. The minimum absolute atomic E-state index is 0.0430. The Hall–Kier alpha value is -2.54. The zero-order valence-corrected chi connectivity index (χ0v) is 17.9. The Balaban J connectivity index is 1.79. The molecule has 1 N–H and O–H groups in total. The molecule has 30 heavy (non-hydrogen) atoms. The fourth-order valence-corrected chi connectivity index (χ4v) is 5.15. The highest BCUT2D eigenvalue weighted by Crippen LogP contribution is 2.23. The number of amides is 1. The number of carbonyl (C=O) groups is 1. The van der Waals surface area contributed by atoms with Crippen molar-refractivity contribution in [2.75, 3.05) is 48.7 Å². The summed E-state index contributed by atoms with van der Waals surface area (Å²) in [5.74, 6) is -0.557. The van der Waals surface area contributed by atoms with E-state index < -0.39 is 32.5 Å². The first-order valence-corrected chi connectivity index (χ1v) is 12.3. The van der Waals surface area contributed by atoms with Gasteiger partial charge in [0.1, 0.15) is 6.54 Å². The molecule has 0 unspecified atom stereocenters. The summed E-state index contributed by atoms with van der Waals surface area (Å²) in [6.45, 7) is 0.696. The Kier molecular flexibility index (Phi) is 6.71. The summed E-state index contributed by atoms with van der Waals surface area (Å²) in [6.07, 6.45) is 3.96. The Morgan fingerprint density at radius 2 is 1.80 bits per heavy atom. The number of hydrogen-bond donors (Lipinski definition) is 1. The summed E-state index contributed by atoms with van der Waals surface area (Å²) in [5.41, 5.74) is 0.614. The van der Waals surface area contributed by atoms with Gasteiger partial charge in [0.2, 0.25) is 26.0 Å².